The normalized spacial score (nSPS) is 19.8. The Morgan fingerprint density at radius 2 is 1.90 bits per heavy atom. The van der Waals surface area contributed by atoms with Gasteiger partial charge in [-0.15, -0.1) is 0 Å². The predicted molar refractivity (Wildman–Crippen MR) is 78.0 cm³/mol. The van der Waals surface area contributed by atoms with E-state index in [0.29, 0.717) is 31.7 Å². The lowest BCUT2D eigenvalue weighted by Gasteiger charge is -2.30. The molecule has 2 N–H and O–H groups in total. The van der Waals surface area contributed by atoms with Crippen LogP contribution in [0.15, 0.2) is 24.3 Å². The van der Waals surface area contributed by atoms with Gasteiger partial charge in [0.25, 0.3) is 0 Å². The summed E-state index contributed by atoms with van der Waals surface area (Å²) in [6.07, 6.45) is 3.96. The lowest BCUT2D eigenvalue weighted by molar-refractivity contribution is -0.139. The quantitative estimate of drug-likeness (QED) is 0.856. The Balaban J connectivity index is 1.72. The van der Waals surface area contributed by atoms with Gasteiger partial charge in [-0.1, -0.05) is 18.2 Å². The van der Waals surface area contributed by atoms with Crippen molar-refractivity contribution < 1.29 is 9.53 Å². The molecule has 2 fully saturated rings. The number of carbonyl (C=O) groups is 1. The Hall–Kier alpha value is -1.55. The average molecular weight is 274 g/mol. The second kappa shape index (κ2) is 5.83. The summed E-state index contributed by atoms with van der Waals surface area (Å²) in [5.41, 5.74) is 7.84. The van der Waals surface area contributed by atoms with Crippen LogP contribution in [0.5, 0.6) is 0 Å². The molecule has 4 heteroatoms. The van der Waals surface area contributed by atoms with E-state index in [2.05, 4.69) is 0 Å². The van der Waals surface area contributed by atoms with Gasteiger partial charge in [-0.05, 0) is 37.3 Å². The first-order valence-corrected chi connectivity index (χ1v) is 7.47. The summed E-state index contributed by atoms with van der Waals surface area (Å²) in [5, 5.41) is 0. The second-order valence-corrected chi connectivity index (χ2v) is 5.78. The Kier molecular flexibility index (Phi) is 3.92. The van der Waals surface area contributed by atoms with Gasteiger partial charge in [0.1, 0.15) is 0 Å². The van der Waals surface area contributed by atoms with Crippen LogP contribution in [0.2, 0.25) is 0 Å². The molecule has 1 saturated carbocycles. The fourth-order valence-electron chi connectivity index (χ4n) is 2.81. The van der Waals surface area contributed by atoms with Crippen LogP contribution in [0.3, 0.4) is 0 Å². The highest BCUT2D eigenvalue weighted by molar-refractivity contribution is 5.79. The van der Waals surface area contributed by atoms with Gasteiger partial charge in [0, 0.05) is 37.4 Å². The number of rotatable bonds is 4. The van der Waals surface area contributed by atoms with Gasteiger partial charge in [-0.25, -0.2) is 0 Å². The Morgan fingerprint density at radius 1 is 1.20 bits per heavy atom. The zero-order chi connectivity index (χ0) is 13.9. The smallest absolute Gasteiger partial charge is 0.226 e. The summed E-state index contributed by atoms with van der Waals surface area (Å²) in [5.74, 6) is 0.424. The van der Waals surface area contributed by atoms with Crippen molar-refractivity contribution in [2.45, 2.75) is 38.3 Å². The zero-order valence-corrected chi connectivity index (χ0v) is 11.8. The van der Waals surface area contributed by atoms with Crippen LogP contribution in [-0.2, 0) is 16.1 Å². The van der Waals surface area contributed by atoms with Gasteiger partial charge in [0.2, 0.25) is 5.91 Å². The molecule has 1 aliphatic carbocycles. The van der Waals surface area contributed by atoms with Gasteiger partial charge >= 0.3 is 0 Å². The lowest BCUT2D eigenvalue weighted by Crippen LogP contribution is -2.39. The fraction of sp³-hybridized carbons (Fsp3) is 0.562. The maximum Gasteiger partial charge on any atom is 0.226 e. The van der Waals surface area contributed by atoms with E-state index in [1.807, 2.05) is 29.2 Å². The van der Waals surface area contributed by atoms with E-state index in [0.717, 1.165) is 36.9 Å². The van der Waals surface area contributed by atoms with Gasteiger partial charge in [-0.3, -0.25) is 4.79 Å². The van der Waals surface area contributed by atoms with Crippen LogP contribution in [0.1, 0.15) is 31.2 Å². The van der Waals surface area contributed by atoms with Crippen molar-refractivity contribution in [1.29, 1.82) is 0 Å². The average Bonchev–Trinajstić information content (AvgIpc) is 3.31. The molecule has 0 unspecified atom stereocenters. The zero-order valence-electron chi connectivity index (χ0n) is 11.8. The van der Waals surface area contributed by atoms with Crippen molar-refractivity contribution in [3.63, 3.8) is 0 Å². The molecule has 1 aromatic carbocycles. The van der Waals surface area contributed by atoms with Crippen molar-refractivity contribution in [3.8, 4) is 0 Å². The largest absolute Gasteiger partial charge is 0.398 e. The van der Waals surface area contributed by atoms with Crippen LogP contribution in [0, 0.1) is 5.92 Å². The van der Waals surface area contributed by atoms with E-state index in [1.165, 1.54) is 0 Å². The molecule has 3 rings (SSSR count). The highest BCUT2D eigenvalue weighted by Crippen LogP contribution is 2.32. The topological polar surface area (TPSA) is 55.6 Å². The summed E-state index contributed by atoms with van der Waals surface area (Å²) in [7, 11) is 0. The summed E-state index contributed by atoms with van der Waals surface area (Å²) in [4.78, 5) is 14.8. The van der Waals surface area contributed by atoms with Gasteiger partial charge < -0.3 is 15.4 Å². The number of para-hydroxylation sites is 1. The minimum absolute atomic E-state index is 0.134. The number of amides is 1. The van der Waals surface area contributed by atoms with Crippen molar-refractivity contribution >= 4 is 11.6 Å². The molecule has 1 aliphatic heterocycles. The number of benzene rings is 1. The number of hydrogen-bond acceptors (Lipinski definition) is 3. The first-order valence-electron chi connectivity index (χ1n) is 7.47. The van der Waals surface area contributed by atoms with Gasteiger partial charge in [-0.2, -0.15) is 0 Å². The standard InChI is InChI=1S/C16H22N2O2/c17-15-4-2-1-3-13(15)11-18(14-5-6-14)16(19)12-7-9-20-10-8-12/h1-4,12,14H,5-11,17H2. The van der Waals surface area contributed by atoms with Crippen molar-refractivity contribution in [2.24, 2.45) is 5.92 Å². The molecular weight excluding hydrogens is 252 g/mol. The first kappa shape index (κ1) is 13.4. The lowest BCUT2D eigenvalue weighted by atomic mass is 9.98. The first-order chi connectivity index (χ1) is 9.75. The molecule has 2 aliphatic rings. The SMILES string of the molecule is Nc1ccccc1CN(C(=O)C1CCOCC1)C1CC1. The maximum absolute atomic E-state index is 12.7. The van der Waals surface area contributed by atoms with E-state index in [-0.39, 0.29) is 5.92 Å². The molecule has 4 nitrogen and oxygen atoms in total. The number of carbonyl (C=O) groups excluding carboxylic acids is 1. The van der Waals surface area contributed by atoms with Crippen molar-refractivity contribution in [3.05, 3.63) is 29.8 Å². The van der Waals surface area contributed by atoms with E-state index >= 15 is 0 Å². The number of nitrogens with zero attached hydrogens (tertiary/aromatic N) is 1. The molecule has 20 heavy (non-hydrogen) atoms. The van der Waals surface area contributed by atoms with E-state index in [9.17, 15) is 4.79 Å². The maximum atomic E-state index is 12.7. The summed E-state index contributed by atoms with van der Waals surface area (Å²) >= 11 is 0. The van der Waals surface area contributed by atoms with Gasteiger partial charge in [0.05, 0.1) is 0 Å². The molecule has 0 spiro atoms. The molecule has 0 bridgehead atoms. The molecule has 1 amide bonds. The number of nitrogen functional groups attached to an aromatic ring is 1. The monoisotopic (exact) mass is 274 g/mol. The Morgan fingerprint density at radius 3 is 2.55 bits per heavy atom. The highest BCUT2D eigenvalue weighted by Gasteiger charge is 2.36. The molecule has 1 aromatic rings. The summed E-state index contributed by atoms with van der Waals surface area (Å²) in [6.45, 7) is 2.07. The van der Waals surface area contributed by atoms with Crippen molar-refractivity contribution in [2.75, 3.05) is 18.9 Å². The third kappa shape index (κ3) is 2.96. The van der Waals surface area contributed by atoms with Crippen LogP contribution >= 0.6 is 0 Å². The molecule has 108 valence electrons. The highest BCUT2D eigenvalue weighted by atomic mass is 16.5. The molecule has 1 heterocycles. The van der Waals surface area contributed by atoms with Crippen LogP contribution in [-0.4, -0.2) is 30.1 Å². The predicted octanol–water partition coefficient (Wildman–Crippen LogP) is 2.19. The molecular formula is C16H22N2O2. The minimum Gasteiger partial charge on any atom is -0.398 e. The molecule has 0 aromatic heterocycles. The van der Waals surface area contributed by atoms with E-state index in [1.54, 1.807) is 0 Å². The third-order valence-corrected chi connectivity index (χ3v) is 4.24. The van der Waals surface area contributed by atoms with E-state index < -0.39 is 0 Å². The summed E-state index contributed by atoms with van der Waals surface area (Å²) in [6, 6.07) is 8.25. The van der Waals surface area contributed by atoms with Crippen LogP contribution in [0.4, 0.5) is 5.69 Å². The van der Waals surface area contributed by atoms with E-state index in [4.69, 9.17) is 10.5 Å². The summed E-state index contributed by atoms with van der Waals surface area (Å²) < 4.78 is 5.35. The van der Waals surface area contributed by atoms with Crippen molar-refractivity contribution in [1.82, 2.24) is 4.90 Å². The number of anilines is 1. The Bertz CT molecular complexity index is 479. The number of ether oxygens (including phenoxy) is 1. The number of hydrogen-bond donors (Lipinski definition) is 1. The number of nitrogens with two attached hydrogens (primary N) is 1. The second-order valence-electron chi connectivity index (χ2n) is 5.78. The van der Waals surface area contributed by atoms with Crippen LogP contribution in [0.25, 0.3) is 0 Å². The Labute approximate surface area is 119 Å². The van der Waals surface area contributed by atoms with Crippen LogP contribution < -0.4 is 5.73 Å². The molecule has 0 atom stereocenters. The fourth-order valence-corrected chi connectivity index (χ4v) is 2.81. The molecule has 0 radical (unpaired) electrons. The molecule has 1 saturated heterocycles. The van der Waals surface area contributed by atoms with Gasteiger partial charge in [0.15, 0.2) is 0 Å². The minimum atomic E-state index is 0.134. The third-order valence-electron chi connectivity index (χ3n) is 4.24.